The van der Waals surface area contributed by atoms with Crippen molar-refractivity contribution in [1.82, 2.24) is 10.1 Å². The third kappa shape index (κ3) is 5.31. The number of aryl methyl sites for hydroxylation is 1. The van der Waals surface area contributed by atoms with E-state index in [4.69, 9.17) is 10.3 Å². The molecule has 0 radical (unpaired) electrons. The number of aromatic nitrogens is 2. The lowest BCUT2D eigenvalue weighted by Gasteiger charge is -2.15. The monoisotopic (exact) mass is 239 g/mol. The highest BCUT2D eigenvalue weighted by Crippen LogP contribution is 2.20. The molecule has 2 N–H and O–H groups in total. The number of hydrogen-bond acceptors (Lipinski definition) is 4. The zero-order chi connectivity index (χ0) is 12.9. The SMILES string of the molecule is CCC(CN)Cc1nc(CCC(C)(C)C)no1. The molecule has 0 aliphatic heterocycles. The van der Waals surface area contributed by atoms with Crippen molar-refractivity contribution in [2.75, 3.05) is 6.54 Å². The van der Waals surface area contributed by atoms with Crippen LogP contribution in [-0.4, -0.2) is 16.7 Å². The predicted molar refractivity (Wildman–Crippen MR) is 68.6 cm³/mol. The molecule has 98 valence electrons. The van der Waals surface area contributed by atoms with Crippen LogP contribution in [0.2, 0.25) is 0 Å². The van der Waals surface area contributed by atoms with Crippen LogP contribution in [-0.2, 0) is 12.8 Å². The van der Waals surface area contributed by atoms with Crippen LogP contribution in [0.5, 0.6) is 0 Å². The van der Waals surface area contributed by atoms with Gasteiger partial charge >= 0.3 is 0 Å². The van der Waals surface area contributed by atoms with Crippen molar-refractivity contribution in [3.8, 4) is 0 Å². The van der Waals surface area contributed by atoms with Gasteiger partial charge in [-0.3, -0.25) is 0 Å². The van der Waals surface area contributed by atoms with Gasteiger partial charge in [0.05, 0.1) is 0 Å². The van der Waals surface area contributed by atoms with Crippen molar-refractivity contribution < 1.29 is 4.52 Å². The summed E-state index contributed by atoms with van der Waals surface area (Å²) in [7, 11) is 0. The van der Waals surface area contributed by atoms with Gasteiger partial charge in [-0.25, -0.2) is 0 Å². The highest BCUT2D eigenvalue weighted by molar-refractivity contribution is 4.89. The summed E-state index contributed by atoms with van der Waals surface area (Å²) in [6.07, 6.45) is 3.80. The molecule has 1 atom stereocenters. The van der Waals surface area contributed by atoms with Gasteiger partial charge in [0.15, 0.2) is 5.82 Å². The Kier molecular flexibility index (Phi) is 5.12. The van der Waals surface area contributed by atoms with E-state index in [2.05, 4.69) is 37.8 Å². The van der Waals surface area contributed by atoms with Crippen LogP contribution in [0, 0.1) is 11.3 Å². The Morgan fingerprint density at radius 1 is 1.35 bits per heavy atom. The summed E-state index contributed by atoms with van der Waals surface area (Å²) in [5, 5.41) is 4.01. The van der Waals surface area contributed by atoms with Crippen molar-refractivity contribution >= 4 is 0 Å². The summed E-state index contributed by atoms with van der Waals surface area (Å²) in [4.78, 5) is 4.42. The first-order chi connectivity index (χ1) is 7.94. The van der Waals surface area contributed by atoms with Crippen LogP contribution >= 0.6 is 0 Å². The summed E-state index contributed by atoms with van der Waals surface area (Å²) in [6, 6.07) is 0. The summed E-state index contributed by atoms with van der Waals surface area (Å²) in [6.45, 7) is 9.46. The maximum Gasteiger partial charge on any atom is 0.226 e. The van der Waals surface area contributed by atoms with Crippen LogP contribution in [0.15, 0.2) is 4.52 Å². The zero-order valence-corrected chi connectivity index (χ0v) is 11.5. The van der Waals surface area contributed by atoms with Gasteiger partial charge in [0.1, 0.15) is 0 Å². The van der Waals surface area contributed by atoms with Crippen molar-refractivity contribution in [2.45, 2.75) is 53.4 Å². The number of nitrogens with two attached hydrogens (primary N) is 1. The second-order valence-corrected chi connectivity index (χ2v) is 5.88. The minimum atomic E-state index is 0.310. The smallest absolute Gasteiger partial charge is 0.226 e. The Bertz CT molecular complexity index is 324. The lowest BCUT2D eigenvalue weighted by molar-refractivity contribution is 0.340. The maximum atomic E-state index is 5.66. The van der Waals surface area contributed by atoms with E-state index < -0.39 is 0 Å². The Morgan fingerprint density at radius 2 is 2.06 bits per heavy atom. The standard InChI is InChI=1S/C13H25N3O/c1-5-10(9-14)8-12-15-11(16-17-12)6-7-13(2,3)4/h10H,5-9,14H2,1-4H3. The van der Waals surface area contributed by atoms with E-state index in [9.17, 15) is 0 Å². The van der Waals surface area contributed by atoms with Crippen LogP contribution in [0.25, 0.3) is 0 Å². The maximum absolute atomic E-state index is 5.66. The van der Waals surface area contributed by atoms with E-state index in [0.717, 1.165) is 37.4 Å². The molecule has 0 saturated heterocycles. The normalized spacial score (nSPS) is 13.9. The van der Waals surface area contributed by atoms with Gasteiger partial charge in [-0.05, 0) is 24.3 Å². The van der Waals surface area contributed by atoms with E-state index in [1.165, 1.54) is 0 Å². The molecule has 0 spiro atoms. The number of rotatable bonds is 6. The highest BCUT2D eigenvalue weighted by Gasteiger charge is 2.15. The van der Waals surface area contributed by atoms with Crippen LogP contribution in [0.3, 0.4) is 0 Å². The van der Waals surface area contributed by atoms with Crippen LogP contribution < -0.4 is 5.73 Å². The van der Waals surface area contributed by atoms with E-state index in [1.54, 1.807) is 0 Å². The molecule has 0 aliphatic rings. The Morgan fingerprint density at radius 3 is 2.59 bits per heavy atom. The molecule has 4 heteroatoms. The van der Waals surface area contributed by atoms with E-state index >= 15 is 0 Å². The number of nitrogens with zero attached hydrogens (tertiary/aromatic N) is 2. The molecule has 4 nitrogen and oxygen atoms in total. The average Bonchev–Trinajstić information content (AvgIpc) is 2.70. The molecule has 1 rings (SSSR count). The molecule has 0 bridgehead atoms. The Hall–Kier alpha value is -0.900. The van der Waals surface area contributed by atoms with E-state index in [1.807, 2.05) is 0 Å². The predicted octanol–water partition coefficient (Wildman–Crippen LogP) is 2.58. The fourth-order valence-electron chi connectivity index (χ4n) is 1.60. The first-order valence-electron chi connectivity index (χ1n) is 6.46. The van der Waals surface area contributed by atoms with Crippen LogP contribution in [0.1, 0.15) is 52.3 Å². The van der Waals surface area contributed by atoms with Gasteiger partial charge in [-0.15, -0.1) is 0 Å². The molecule has 0 fully saturated rings. The minimum Gasteiger partial charge on any atom is -0.339 e. The van der Waals surface area contributed by atoms with Gasteiger partial charge in [0.25, 0.3) is 0 Å². The van der Waals surface area contributed by atoms with Gasteiger partial charge < -0.3 is 10.3 Å². The van der Waals surface area contributed by atoms with Gasteiger partial charge in [0.2, 0.25) is 5.89 Å². The third-order valence-corrected chi connectivity index (χ3v) is 2.98. The van der Waals surface area contributed by atoms with Crippen molar-refractivity contribution in [1.29, 1.82) is 0 Å². The first-order valence-corrected chi connectivity index (χ1v) is 6.46. The molecule has 0 aliphatic carbocycles. The fraction of sp³-hybridized carbons (Fsp3) is 0.846. The summed E-state index contributed by atoms with van der Waals surface area (Å²) < 4.78 is 5.25. The lowest BCUT2D eigenvalue weighted by atomic mass is 9.90. The molecule has 0 saturated carbocycles. The minimum absolute atomic E-state index is 0.310. The average molecular weight is 239 g/mol. The largest absolute Gasteiger partial charge is 0.339 e. The van der Waals surface area contributed by atoms with Crippen molar-refractivity contribution in [3.05, 3.63) is 11.7 Å². The summed E-state index contributed by atoms with van der Waals surface area (Å²) in [5.41, 5.74) is 5.97. The van der Waals surface area contributed by atoms with E-state index in [0.29, 0.717) is 17.9 Å². The molecule has 1 aromatic rings. The molecule has 1 heterocycles. The van der Waals surface area contributed by atoms with E-state index in [-0.39, 0.29) is 0 Å². The highest BCUT2D eigenvalue weighted by atomic mass is 16.5. The van der Waals surface area contributed by atoms with Gasteiger partial charge in [-0.1, -0.05) is 39.3 Å². The topological polar surface area (TPSA) is 64.9 Å². The summed E-state index contributed by atoms with van der Waals surface area (Å²) in [5.74, 6) is 2.00. The second-order valence-electron chi connectivity index (χ2n) is 5.88. The van der Waals surface area contributed by atoms with Crippen molar-refractivity contribution in [3.63, 3.8) is 0 Å². The lowest BCUT2D eigenvalue weighted by Crippen LogP contribution is -2.16. The molecule has 0 aromatic carbocycles. The molecule has 1 aromatic heterocycles. The van der Waals surface area contributed by atoms with Crippen LogP contribution in [0.4, 0.5) is 0 Å². The second kappa shape index (κ2) is 6.15. The molecular weight excluding hydrogens is 214 g/mol. The number of hydrogen-bond donors (Lipinski definition) is 1. The Labute approximate surface area is 104 Å². The Balaban J connectivity index is 2.48. The van der Waals surface area contributed by atoms with Gasteiger partial charge in [-0.2, -0.15) is 4.98 Å². The molecule has 17 heavy (non-hydrogen) atoms. The summed E-state index contributed by atoms with van der Waals surface area (Å²) >= 11 is 0. The first kappa shape index (κ1) is 14.2. The quantitative estimate of drug-likeness (QED) is 0.828. The molecular formula is C13H25N3O. The fourth-order valence-corrected chi connectivity index (χ4v) is 1.60. The van der Waals surface area contributed by atoms with Gasteiger partial charge in [0, 0.05) is 12.8 Å². The van der Waals surface area contributed by atoms with Crippen molar-refractivity contribution in [2.24, 2.45) is 17.1 Å². The zero-order valence-electron chi connectivity index (χ0n) is 11.5. The third-order valence-electron chi connectivity index (χ3n) is 2.98. The molecule has 1 unspecified atom stereocenters. The molecule has 0 amide bonds.